The fraction of sp³-hybridized carbons (Fsp3) is 0.692. The van der Waals surface area contributed by atoms with E-state index < -0.39 is 0 Å². The number of hydrogen-bond donors (Lipinski definition) is 1. The van der Waals surface area contributed by atoms with Gasteiger partial charge in [-0.3, -0.25) is 9.48 Å². The van der Waals surface area contributed by atoms with E-state index >= 15 is 0 Å². The number of esters is 1. The van der Waals surface area contributed by atoms with E-state index in [0.717, 1.165) is 32.5 Å². The number of carbonyl (C=O) groups excluding carboxylic acids is 1. The zero-order valence-corrected chi connectivity index (χ0v) is 11.3. The first-order valence-electron chi connectivity index (χ1n) is 6.65. The van der Waals surface area contributed by atoms with Gasteiger partial charge in [0.05, 0.1) is 12.3 Å². The molecule has 0 aliphatic carbocycles. The van der Waals surface area contributed by atoms with E-state index in [4.69, 9.17) is 4.74 Å². The fourth-order valence-electron chi connectivity index (χ4n) is 1.73. The van der Waals surface area contributed by atoms with Crippen molar-refractivity contribution in [2.75, 3.05) is 13.2 Å². The van der Waals surface area contributed by atoms with Crippen LogP contribution in [-0.4, -0.2) is 28.9 Å². The van der Waals surface area contributed by atoms with E-state index in [1.807, 2.05) is 23.9 Å². The van der Waals surface area contributed by atoms with Gasteiger partial charge in [-0.25, -0.2) is 0 Å². The highest BCUT2D eigenvalue weighted by Crippen LogP contribution is 2.00. The van der Waals surface area contributed by atoms with E-state index in [2.05, 4.69) is 17.3 Å². The van der Waals surface area contributed by atoms with Crippen molar-refractivity contribution >= 4 is 5.97 Å². The second-order valence-corrected chi connectivity index (χ2v) is 4.13. The predicted molar refractivity (Wildman–Crippen MR) is 70.1 cm³/mol. The third-order valence-electron chi connectivity index (χ3n) is 2.59. The van der Waals surface area contributed by atoms with Crippen molar-refractivity contribution in [1.29, 1.82) is 0 Å². The van der Waals surface area contributed by atoms with Crippen LogP contribution in [0.2, 0.25) is 0 Å². The van der Waals surface area contributed by atoms with Crippen LogP contribution in [0, 0.1) is 0 Å². The van der Waals surface area contributed by atoms with Crippen LogP contribution in [-0.2, 0) is 22.6 Å². The number of nitrogens with zero attached hydrogens (tertiary/aromatic N) is 2. The van der Waals surface area contributed by atoms with Crippen LogP contribution in [0.1, 0.15) is 38.8 Å². The van der Waals surface area contributed by atoms with E-state index in [0.29, 0.717) is 13.0 Å². The van der Waals surface area contributed by atoms with Gasteiger partial charge in [0, 0.05) is 25.7 Å². The summed E-state index contributed by atoms with van der Waals surface area (Å²) >= 11 is 0. The summed E-state index contributed by atoms with van der Waals surface area (Å²) in [5, 5.41) is 7.58. The third kappa shape index (κ3) is 5.31. The molecule has 0 bridgehead atoms. The SMILES string of the molecule is CCCn1nccc1CNCCCC(=O)OCC. The van der Waals surface area contributed by atoms with Crippen molar-refractivity contribution < 1.29 is 9.53 Å². The molecular formula is C13H23N3O2. The van der Waals surface area contributed by atoms with E-state index in [1.54, 1.807) is 0 Å². The molecule has 18 heavy (non-hydrogen) atoms. The fourth-order valence-corrected chi connectivity index (χ4v) is 1.73. The lowest BCUT2D eigenvalue weighted by molar-refractivity contribution is -0.143. The van der Waals surface area contributed by atoms with Crippen LogP contribution in [0.5, 0.6) is 0 Å². The number of nitrogens with one attached hydrogen (secondary N) is 1. The maximum absolute atomic E-state index is 11.1. The highest BCUT2D eigenvalue weighted by atomic mass is 16.5. The van der Waals surface area contributed by atoms with Crippen LogP contribution in [0.15, 0.2) is 12.3 Å². The van der Waals surface area contributed by atoms with Gasteiger partial charge in [-0.2, -0.15) is 5.10 Å². The topological polar surface area (TPSA) is 56.2 Å². The van der Waals surface area contributed by atoms with Crippen LogP contribution >= 0.6 is 0 Å². The predicted octanol–water partition coefficient (Wildman–Crippen LogP) is 1.73. The number of hydrogen-bond acceptors (Lipinski definition) is 4. The second kappa shape index (κ2) is 8.69. The minimum atomic E-state index is -0.115. The van der Waals surface area contributed by atoms with Gasteiger partial charge in [0.25, 0.3) is 0 Å². The van der Waals surface area contributed by atoms with Crippen LogP contribution < -0.4 is 5.32 Å². The zero-order chi connectivity index (χ0) is 13.2. The molecule has 0 fully saturated rings. The Labute approximate surface area is 109 Å². The average molecular weight is 253 g/mol. The number of carbonyl (C=O) groups is 1. The lowest BCUT2D eigenvalue weighted by atomic mass is 10.3. The van der Waals surface area contributed by atoms with Gasteiger partial charge in [-0.1, -0.05) is 6.92 Å². The highest BCUT2D eigenvalue weighted by molar-refractivity contribution is 5.69. The Bertz CT molecular complexity index is 350. The van der Waals surface area contributed by atoms with Crippen molar-refractivity contribution in [1.82, 2.24) is 15.1 Å². The first-order chi connectivity index (χ1) is 8.77. The quantitative estimate of drug-likeness (QED) is 0.538. The Balaban J connectivity index is 2.14. The molecule has 1 heterocycles. The van der Waals surface area contributed by atoms with Crippen LogP contribution in [0.25, 0.3) is 0 Å². The maximum atomic E-state index is 11.1. The van der Waals surface area contributed by atoms with Crippen molar-refractivity contribution in [3.05, 3.63) is 18.0 Å². The van der Waals surface area contributed by atoms with Gasteiger partial charge in [0.15, 0.2) is 0 Å². The summed E-state index contributed by atoms with van der Waals surface area (Å²) in [6.45, 7) is 6.98. The molecule has 5 nitrogen and oxygen atoms in total. The Kier molecular flexibility index (Phi) is 7.10. The van der Waals surface area contributed by atoms with Crippen LogP contribution in [0.4, 0.5) is 0 Å². The molecule has 0 amide bonds. The highest BCUT2D eigenvalue weighted by Gasteiger charge is 2.02. The van der Waals surface area contributed by atoms with Crippen molar-refractivity contribution in [3.8, 4) is 0 Å². The molecular weight excluding hydrogens is 230 g/mol. The maximum Gasteiger partial charge on any atom is 0.305 e. The number of aryl methyl sites for hydroxylation is 1. The molecule has 0 aromatic carbocycles. The second-order valence-electron chi connectivity index (χ2n) is 4.13. The molecule has 0 spiro atoms. The summed E-state index contributed by atoms with van der Waals surface area (Å²) in [7, 11) is 0. The number of ether oxygens (including phenoxy) is 1. The summed E-state index contributed by atoms with van der Waals surface area (Å²) in [4.78, 5) is 11.1. The molecule has 1 aromatic rings. The summed E-state index contributed by atoms with van der Waals surface area (Å²) in [6, 6.07) is 2.02. The van der Waals surface area contributed by atoms with Gasteiger partial charge in [0.1, 0.15) is 0 Å². The minimum Gasteiger partial charge on any atom is -0.466 e. The van der Waals surface area contributed by atoms with Gasteiger partial charge >= 0.3 is 5.97 Å². The standard InChI is InChI=1S/C13H23N3O2/c1-3-10-16-12(7-9-15-16)11-14-8-5-6-13(17)18-4-2/h7,9,14H,3-6,8,10-11H2,1-2H3. The van der Waals surface area contributed by atoms with Crippen molar-refractivity contribution in [2.45, 2.75) is 46.2 Å². The molecule has 102 valence electrons. The Morgan fingerprint density at radius 3 is 3.06 bits per heavy atom. The molecule has 0 unspecified atom stereocenters. The first kappa shape index (κ1) is 14.7. The molecule has 0 saturated heterocycles. The lowest BCUT2D eigenvalue weighted by Crippen LogP contribution is -2.19. The molecule has 0 saturated carbocycles. The summed E-state index contributed by atoms with van der Waals surface area (Å²) < 4.78 is 6.88. The molecule has 0 radical (unpaired) electrons. The Morgan fingerprint density at radius 2 is 2.33 bits per heavy atom. The molecule has 1 aromatic heterocycles. The van der Waals surface area contributed by atoms with E-state index in [1.165, 1.54) is 5.69 Å². The van der Waals surface area contributed by atoms with Gasteiger partial charge in [-0.15, -0.1) is 0 Å². The molecule has 1 N–H and O–H groups in total. The molecule has 0 aliphatic heterocycles. The molecule has 0 atom stereocenters. The lowest BCUT2D eigenvalue weighted by Gasteiger charge is -2.07. The van der Waals surface area contributed by atoms with Crippen LogP contribution in [0.3, 0.4) is 0 Å². The summed E-state index contributed by atoms with van der Waals surface area (Å²) in [5.74, 6) is -0.115. The summed E-state index contributed by atoms with van der Waals surface area (Å²) in [6.07, 6.45) is 4.19. The minimum absolute atomic E-state index is 0.115. The summed E-state index contributed by atoms with van der Waals surface area (Å²) in [5.41, 5.74) is 1.19. The van der Waals surface area contributed by atoms with E-state index in [-0.39, 0.29) is 5.97 Å². The van der Waals surface area contributed by atoms with Gasteiger partial charge < -0.3 is 10.1 Å². The monoisotopic (exact) mass is 253 g/mol. The number of aromatic nitrogens is 2. The van der Waals surface area contributed by atoms with Crippen molar-refractivity contribution in [2.24, 2.45) is 0 Å². The Hall–Kier alpha value is -1.36. The normalized spacial score (nSPS) is 10.6. The molecule has 0 aliphatic rings. The largest absolute Gasteiger partial charge is 0.466 e. The van der Waals surface area contributed by atoms with Gasteiger partial charge in [0.2, 0.25) is 0 Å². The number of rotatable bonds is 9. The van der Waals surface area contributed by atoms with E-state index in [9.17, 15) is 4.79 Å². The van der Waals surface area contributed by atoms with Gasteiger partial charge in [-0.05, 0) is 32.4 Å². The average Bonchev–Trinajstić information content (AvgIpc) is 2.77. The molecule has 5 heteroatoms. The Morgan fingerprint density at radius 1 is 1.50 bits per heavy atom. The molecule has 1 rings (SSSR count). The first-order valence-corrected chi connectivity index (χ1v) is 6.65. The third-order valence-corrected chi connectivity index (χ3v) is 2.59. The smallest absolute Gasteiger partial charge is 0.305 e. The zero-order valence-electron chi connectivity index (χ0n) is 11.3. The van der Waals surface area contributed by atoms with Crippen molar-refractivity contribution in [3.63, 3.8) is 0 Å².